The highest BCUT2D eigenvalue weighted by Crippen LogP contribution is 2.39. The molecular weight excluding hydrogens is 400 g/mol. The molecule has 0 N–H and O–H groups in total. The number of carbonyl (C=O) groups is 2. The Morgan fingerprint density at radius 1 is 0.552 bits per heavy atom. The van der Waals surface area contributed by atoms with Crippen LogP contribution >= 0.6 is 23.5 Å². The fraction of sp³-hybridized carbons (Fsp3) is 0. The lowest BCUT2D eigenvalue weighted by atomic mass is 9.97. The van der Waals surface area contributed by atoms with E-state index >= 15 is 0 Å². The second-order valence-corrected chi connectivity index (χ2v) is 8.84. The summed E-state index contributed by atoms with van der Waals surface area (Å²) in [5.41, 5.74) is 0.874. The van der Waals surface area contributed by atoms with Crippen molar-refractivity contribution >= 4 is 46.2 Å². The van der Waals surface area contributed by atoms with Crippen LogP contribution in [0, 0.1) is 0 Å². The third-order valence-corrected chi connectivity index (χ3v) is 6.54. The number of carbonyl (C=O) groups excluding carboxylic acids is 2. The number of cyclic esters (lactones) is 2. The monoisotopic (exact) mass is 414 g/mol. The second kappa shape index (κ2) is 7.43. The fourth-order valence-corrected chi connectivity index (χ4v) is 5.20. The summed E-state index contributed by atoms with van der Waals surface area (Å²) in [6, 6.07) is 27.6. The molecule has 0 fully saturated rings. The lowest BCUT2D eigenvalue weighted by Gasteiger charge is -2.18. The van der Waals surface area contributed by atoms with Gasteiger partial charge in [0.15, 0.2) is 0 Å². The molecule has 29 heavy (non-hydrogen) atoms. The highest BCUT2D eigenvalue weighted by Gasteiger charge is 2.28. The Kier molecular flexibility index (Phi) is 4.62. The van der Waals surface area contributed by atoms with Crippen LogP contribution in [0.3, 0.4) is 0 Å². The smallest absolute Gasteiger partial charge is 0.346 e. The number of hydrogen-bond donors (Lipinski definition) is 0. The summed E-state index contributed by atoms with van der Waals surface area (Å²) in [6.07, 6.45) is 0. The third kappa shape index (κ3) is 3.55. The standard InChI is InChI=1S/C24H14O3S2/c25-23-20-13-18(28-16-7-3-1-4-8-16)11-15-12-19(29-17-9-5-2-6-10-17)14-21(22(15)20)24(26)27-23/h1-14H. The minimum atomic E-state index is -0.591. The summed E-state index contributed by atoms with van der Waals surface area (Å²) in [7, 11) is 0. The Morgan fingerprint density at radius 2 is 1.00 bits per heavy atom. The Bertz CT molecular complexity index is 1160. The van der Waals surface area contributed by atoms with E-state index in [-0.39, 0.29) is 0 Å². The molecule has 0 aliphatic carbocycles. The van der Waals surface area contributed by atoms with Gasteiger partial charge in [-0.3, -0.25) is 0 Å². The molecule has 0 saturated carbocycles. The minimum absolute atomic E-state index is 0.437. The van der Waals surface area contributed by atoms with Crippen molar-refractivity contribution < 1.29 is 14.3 Å². The molecule has 0 bridgehead atoms. The quantitative estimate of drug-likeness (QED) is 0.283. The van der Waals surface area contributed by atoms with Crippen LogP contribution < -0.4 is 0 Å². The van der Waals surface area contributed by atoms with E-state index in [4.69, 9.17) is 4.74 Å². The topological polar surface area (TPSA) is 43.4 Å². The first-order valence-electron chi connectivity index (χ1n) is 9.01. The summed E-state index contributed by atoms with van der Waals surface area (Å²) in [4.78, 5) is 28.8. The molecule has 0 radical (unpaired) electrons. The number of benzene rings is 4. The van der Waals surface area contributed by atoms with Crippen LogP contribution in [0.5, 0.6) is 0 Å². The van der Waals surface area contributed by atoms with E-state index in [1.54, 1.807) is 23.5 Å². The average Bonchev–Trinajstić information content (AvgIpc) is 2.73. The molecule has 4 aromatic carbocycles. The first kappa shape index (κ1) is 18.0. The van der Waals surface area contributed by atoms with Crippen LogP contribution in [0.4, 0.5) is 0 Å². The first-order valence-corrected chi connectivity index (χ1v) is 10.6. The van der Waals surface area contributed by atoms with Gasteiger partial charge in [0.2, 0.25) is 0 Å². The van der Waals surface area contributed by atoms with E-state index in [0.29, 0.717) is 16.5 Å². The van der Waals surface area contributed by atoms with Crippen molar-refractivity contribution in [3.63, 3.8) is 0 Å². The maximum Gasteiger partial charge on any atom is 0.346 e. The maximum atomic E-state index is 12.4. The maximum absolute atomic E-state index is 12.4. The molecule has 0 amide bonds. The molecule has 5 heteroatoms. The summed E-state index contributed by atoms with van der Waals surface area (Å²) < 4.78 is 5.02. The van der Waals surface area contributed by atoms with Gasteiger partial charge in [-0.2, -0.15) is 0 Å². The zero-order chi connectivity index (χ0) is 19.8. The molecule has 140 valence electrons. The van der Waals surface area contributed by atoms with Crippen LogP contribution in [0.25, 0.3) is 10.8 Å². The molecule has 1 aliphatic heterocycles. The minimum Gasteiger partial charge on any atom is -0.386 e. The summed E-state index contributed by atoms with van der Waals surface area (Å²) >= 11 is 3.15. The largest absolute Gasteiger partial charge is 0.386 e. The van der Waals surface area contributed by atoms with Crippen LogP contribution in [0.2, 0.25) is 0 Å². The fourth-order valence-electron chi connectivity index (χ4n) is 3.34. The van der Waals surface area contributed by atoms with Crippen molar-refractivity contribution in [1.29, 1.82) is 0 Å². The van der Waals surface area contributed by atoms with Gasteiger partial charge in [-0.05, 0) is 53.9 Å². The van der Waals surface area contributed by atoms with Gasteiger partial charge >= 0.3 is 11.9 Å². The Morgan fingerprint density at radius 3 is 1.45 bits per heavy atom. The van der Waals surface area contributed by atoms with Gasteiger partial charge in [-0.1, -0.05) is 59.9 Å². The van der Waals surface area contributed by atoms with Gasteiger partial charge in [0.1, 0.15) is 0 Å². The van der Waals surface area contributed by atoms with Crippen LogP contribution in [-0.2, 0) is 4.74 Å². The second-order valence-electron chi connectivity index (χ2n) is 6.55. The van der Waals surface area contributed by atoms with Crippen LogP contribution in [0.15, 0.2) is 105 Å². The highest BCUT2D eigenvalue weighted by atomic mass is 32.2. The van der Waals surface area contributed by atoms with Gasteiger partial charge in [-0.25, -0.2) is 9.59 Å². The van der Waals surface area contributed by atoms with Crippen molar-refractivity contribution in [2.24, 2.45) is 0 Å². The highest BCUT2D eigenvalue weighted by molar-refractivity contribution is 7.99. The van der Waals surface area contributed by atoms with E-state index in [9.17, 15) is 9.59 Å². The lowest BCUT2D eigenvalue weighted by molar-refractivity contribution is 0.0391. The Hall–Kier alpha value is -3.02. The molecule has 0 atom stereocenters. The molecule has 4 aromatic rings. The average molecular weight is 415 g/mol. The number of rotatable bonds is 4. The summed E-state index contributed by atoms with van der Waals surface area (Å²) in [6.45, 7) is 0. The van der Waals surface area contributed by atoms with Crippen molar-refractivity contribution in [1.82, 2.24) is 0 Å². The molecule has 0 saturated heterocycles. The van der Waals surface area contributed by atoms with Crippen molar-refractivity contribution in [3.05, 3.63) is 96.1 Å². The SMILES string of the molecule is O=C1OC(=O)c2cc(Sc3ccccc3)cc3cc(Sc4ccccc4)cc1c23. The van der Waals surface area contributed by atoms with Gasteiger partial charge in [-0.15, -0.1) is 0 Å². The van der Waals surface area contributed by atoms with Crippen molar-refractivity contribution in [2.45, 2.75) is 19.6 Å². The van der Waals surface area contributed by atoms with Gasteiger partial charge in [0.05, 0.1) is 11.1 Å². The molecule has 0 spiro atoms. The lowest BCUT2D eigenvalue weighted by Crippen LogP contribution is -2.19. The molecule has 0 unspecified atom stereocenters. The summed E-state index contributed by atoms with van der Waals surface area (Å²) in [5.74, 6) is -1.18. The predicted molar refractivity (Wildman–Crippen MR) is 115 cm³/mol. The Balaban J connectivity index is 1.65. The van der Waals surface area contributed by atoms with Crippen molar-refractivity contribution in [2.75, 3.05) is 0 Å². The summed E-state index contributed by atoms with van der Waals surface area (Å²) in [5, 5.41) is 1.53. The van der Waals surface area contributed by atoms with Crippen LogP contribution in [0.1, 0.15) is 20.7 Å². The van der Waals surface area contributed by atoms with E-state index in [2.05, 4.69) is 0 Å². The number of esters is 2. The van der Waals surface area contributed by atoms with Gasteiger partial charge in [0.25, 0.3) is 0 Å². The predicted octanol–water partition coefficient (Wildman–Crippen LogP) is 6.45. The Labute approximate surface area is 176 Å². The first-order chi connectivity index (χ1) is 14.2. The van der Waals surface area contributed by atoms with E-state index in [1.165, 1.54) is 0 Å². The van der Waals surface area contributed by atoms with E-state index < -0.39 is 11.9 Å². The normalized spacial score (nSPS) is 12.8. The molecule has 5 rings (SSSR count). The third-order valence-electron chi connectivity index (χ3n) is 4.58. The van der Waals surface area contributed by atoms with E-state index in [1.807, 2.05) is 84.9 Å². The van der Waals surface area contributed by atoms with Gasteiger partial charge < -0.3 is 4.74 Å². The number of ether oxygens (including phenoxy) is 1. The zero-order valence-corrected chi connectivity index (χ0v) is 16.8. The van der Waals surface area contributed by atoms with Gasteiger partial charge in [0, 0.05) is 25.0 Å². The van der Waals surface area contributed by atoms with E-state index in [0.717, 1.165) is 25.0 Å². The molecule has 1 aliphatic rings. The van der Waals surface area contributed by atoms with Crippen LogP contribution in [-0.4, -0.2) is 11.9 Å². The number of hydrogen-bond acceptors (Lipinski definition) is 5. The molecule has 0 aromatic heterocycles. The molecular formula is C24H14O3S2. The molecule has 3 nitrogen and oxygen atoms in total. The molecule has 1 heterocycles. The zero-order valence-electron chi connectivity index (χ0n) is 15.1. The van der Waals surface area contributed by atoms with Crippen molar-refractivity contribution in [3.8, 4) is 0 Å².